The number of hydrogen-bond donors (Lipinski definition) is 2. The lowest BCUT2D eigenvalue weighted by Gasteiger charge is -1.98. The molecule has 1 amide bonds. The van der Waals surface area contributed by atoms with E-state index in [0.717, 1.165) is 5.56 Å². The summed E-state index contributed by atoms with van der Waals surface area (Å²) in [5, 5.41) is 18.3. The standard InChI is InChI=1S/C12H10N4O/c1-8(17)14-12-10(7-13)11(15-16-12)9-5-3-2-4-6-9/h2-6H,1H3,(H2,14,15,16,17). The average molecular weight is 226 g/mol. The maximum absolute atomic E-state index is 11.0. The topological polar surface area (TPSA) is 81.6 Å². The number of carbonyl (C=O) groups is 1. The molecule has 0 fully saturated rings. The molecular formula is C12H10N4O. The number of amides is 1. The molecule has 0 bridgehead atoms. The Bertz CT molecular complexity index is 580. The van der Waals surface area contributed by atoms with Crippen molar-refractivity contribution in [1.82, 2.24) is 10.2 Å². The van der Waals surface area contributed by atoms with Crippen molar-refractivity contribution in [3.63, 3.8) is 0 Å². The maximum atomic E-state index is 11.0. The minimum atomic E-state index is -0.257. The second-order valence-corrected chi connectivity index (χ2v) is 3.48. The van der Waals surface area contributed by atoms with Crippen LogP contribution in [0.25, 0.3) is 11.3 Å². The van der Waals surface area contributed by atoms with Crippen LogP contribution in [-0.4, -0.2) is 16.1 Å². The number of anilines is 1. The first kappa shape index (κ1) is 10.9. The van der Waals surface area contributed by atoms with Crippen LogP contribution in [-0.2, 0) is 4.79 Å². The van der Waals surface area contributed by atoms with E-state index in [4.69, 9.17) is 5.26 Å². The van der Waals surface area contributed by atoms with Crippen LogP contribution in [0, 0.1) is 11.3 Å². The first-order chi connectivity index (χ1) is 8.22. The predicted molar refractivity (Wildman–Crippen MR) is 63.0 cm³/mol. The number of nitrogens with zero attached hydrogens (tertiary/aromatic N) is 2. The Morgan fingerprint density at radius 1 is 1.41 bits per heavy atom. The third-order valence-corrected chi connectivity index (χ3v) is 2.24. The largest absolute Gasteiger partial charge is 0.308 e. The Morgan fingerprint density at radius 2 is 2.12 bits per heavy atom. The summed E-state index contributed by atoms with van der Waals surface area (Å²) in [6.07, 6.45) is 0. The van der Waals surface area contributed by atoms with E-state index in [0.29, 0.717) is 11.3 Å². The Balaban J connectivity index is 2.47. The number of rotatable bonds is 2. The number of benzene rings is 1. The Morgan fingerprint density at radius 3 is 2.71 bits per heavy atom. The fourth-order valence-electron chi connectivity index (χ4n) is 1.52. The highest BCUT2D eigenvalue weighted by molar-refractivity contribution is 5.90. The summed E-state index contributed by atoms with van der Waals surface area (Å²) >= 11 is 0. The molecule has 5 nitrogen and oxygen atoms in total. The van der Waals surface area contributed by atoms with E-state index in [1.165, 1.54) is 6.92 Å². The first-order valence-electron chi connectivity index (χ1n) is 5.04. The summed E-state index contributed by atoms with van der Waals surface area (Å²) in [6, 6.07) is 11.4. The second kappa shape index (κ2) is 4.49. The van der Waals surface area contributed by atoms with Crippen molar-refractivity contribution in [3.8, 4) is 17.3 Å². The van der Waals surface area contributed by atoms with Gasteiger partial charge in [0.25, 0.3) is 0 Å². The van der Waals surface area contributed by atoms with E-state index in [2.05, 4.69) is 15.5 Å². The Labute approximate surface area is 98.1 Å². The zero-order valence-corrected chi connectivity index (χ0v) is 9.19. The van der Waals surface area contributed by atoms with Gasteiger partial charge in [0.1, 0.15) is 11.6 Å². The van der Waals surface area contributed by atoms with Crippen LogP contribution in [0.3, 0.4) is 0 Å². The van der Waals surface area contributed by atoms with Gasteiger partial charge < -0.3 is 5.32 Å². The molecule has 1 heterocycles. The lowest BCUT2D eigenvalue weighted by Crippen LogP contribution is -2.07. The molecule has 0 radical (unpaired) electrons. The van der Waals surface area contributed by atoms with Crippen molar-refractivity contribution in [2.24, 2.45) is 0 Å². The molecule has 2 N–H and O–H groups in total. The molecule has 0 aliphatic carbocycles. The Kier molecular flexibility index (Phi) is 2.88. The molecule has 0 aliphatic rings. The van der Waals surface area contributed by atoms with Crippen LogP contribution in [0.4, 0.5) is 5.82 Å². The molecule has 2 aromatic rings. The van der Waals surface area contributed by atoms with Gasteiger partial charge in [-0.25, -0.2) is 0 Å². The third-order valence-electron chi connectivity index (χ3n) is 2.24. The number of nitrogens with one attached hydrogen (secondary N) is 2. The molecule has 5 heteroatoms. The highest BCUT2D eigenvalue weighted by Gasteiger charge is 2.14. The van der Waals surface area contributed by atoms with Gasteiger partial charge in [-0.3, -0.25) is 9.89 Å². The smallest absolute Gasteiger partial charge is 0.222 e. The van der Waals surface area contributed by atoms with Crippen LogP contribution >= 0.6 is 0 Å². The van der Waals surface area contributed by atoms with Gasteiger partial charge in [-0.15, -0.1) is 0 Å². The molecule has 2 rings (SSSR count). The SMILES string of the molecule is CC(=O)Nc1n[nH]c(-c2ccccc2)c1C#N. The second-order valence-electron chi connectivity index (χ2n) is 3.48. The molecule has 84 valence electrons. The van der Waals surface area contributed by atoms with Crippen molar-refractivity contribution < 1.29 is 4.79 Å². The van der Waals surface area contributed by atoms with E-state index in [1.54, 1.807) is 0 Å². The van der Waals surface area contributed by atoms with E-state index in [9.17, 15) is 4.79 Å². The van der Waals surface area contributed by atoms with Crippen LogP contribution in [0.5, 0.6) is 0 Å². The fraction of sp³-hybridized carbons (Fsp3) is 0.0833. The molecule has 0 unspecified atom stereocenters. The monoisotopic (exact) mass is 226 g/mol. The molecular weight excluding hydrogens is 216 g/mol. The fourth-order valence-corrected chi connectivity index (χ4v) is 1.52. The summed E-state index contributed by atoms with van der Waals surface area (Å²) in [5.41, 5.74) is 1.80. The van der Waals surface area contributed by atoms with Crippen molar-refractivity contribution in [3.05, 3.63) is 35.9 Å². The van der Waals surface area contributed by atoms with Crippen molar-refractivity contribution in [2.45, 2.75) is 6.92 Å². The summed E-state index contributed by atoms with van der Waals surface area (Å²) in [5.74, 6) is 0.00599. The third kappa shape index (κ3) is 2.16. The number of hydrogen-bond acceptors (Lipinski definition) is 3. The van der Waals surface area contributed by atoms with Gasteiger partial charge in [-0.2, -0.15) is 10.4 Å². The lowest BCUT2D eigenvalue weighted by molar-refractivity contribution is -0.114. The van der Waals surface area contributed by atoms with E-state index in [1.807, 2.05) is 36.4 Å². The molecule has 0 saturated heterocycles. The zero-order chi connectivity index (χ0) is 12.3. The van der Waals surface area contributed by atoms with Gasteiger partial charge in [0.15, 0.2) is 5.82 Å². The van der Waals surface area contributed by atoms with Gasteiger partial charge in [-0.05, 0) is 0 Å². The number of aromatic amines is 1. The van der Waals surface area contributed by atoms with Gasteiger partial charge in [0, 0.05) is 12.5 Å². The van der Waals surface area contributed by atoms with Gasteiger partial charge in [0.2, 0.25) is 5.91 Å². The van der Waals surface area contributed by atoms with Gasteiger partial charge in [0.05, 0.1) is 5.69 Å². The molecule has 0 saturated carbocycles. The lowest BCUT2D eigenvalue weighted by atomic mass is 10.1. The molecule has 1 aromatic heterocycles. The number of H-pyrrole nitrogens is 1. The Hall–Kier alpha value is -2.61. The minimum absolute atomic E-state index is 0.257. The van der Waals surface area contributed by atoms with E-state index in [-0.39, 0.29) is 11.7 Å². The van der Waals surface area contributed by atoms with Crippen LogP contribution in [0.2, 0.25) is 0 Å². The summed E-state index contributed by atoms with van der Waals surface area (Å²) in [6.45, 7) is 1.37. The highest BCUT2D eigenvalue weighted by atomic mass is 16.1. The first-order valence-corrected chi connectivity index (χ1v) is 5.04. The quantitative estimate of drug-likeness (QED) is 0.820. The van der Waals surface area contributed by atoms with Crippen LogP contribution in [0.1, 0.15) is 12.5 Å². The number of carbonyl (C=O) groups excluding carboxylic acids is 1. The van der Waals surface area contributed by atoms with Crippen molar-refractivity contribution >= 4 is 11.7 Å². The van der Waals surface area contributed by atoms with Crippen LogP contribution in [0.15, 0.2) is 30.3 Å². The molecule has 1 aromatic carbocycles. The van der Waals surface area contributed by atoms with E-state index >= 15 is 0 Å². The molecule has 17 heavy (non-hydrogen) atoms. The molecule has 0 aliphatic heterocycles. The maximum Gasteiger partial charge on any atom is 0.222 e. The van der Waals surface area contributed by atoms with Crippen LogP contribution < -0.4 is 5.32 Å². The van der Waals surface area contributed by atoms with Gasteiger partial charge >= 0.3 is 0 Å². The number of nitriles is 1. The predicted octanol–water partition coefficient (Wildman–Crippen LogP) is 1.91. The summed E-state index contributed by atoms with van der Waals surface area (Å²) in [4.78, 5) is 11.0. The normalized spacial score (nSPS) is 9.65. The number of aromatic nitrogens is 2. The van der Waals surface area contributed by atoms with Gasteiger partial charge in [-0.1, -0.05) is 30.3 Å². The molecule has 0 atom stereocenters. The molecule has 0 spiro atoms. The average Bonchev–Trinajstić information content (AvgIpc) is 2.72. The van der Waals surface area contributed by atoms with Crippen molar-refractivity contribution in [1.29, 1.82) is 5.26 Å². The summed E-state index contributed by atoms with van der Waals surface area (Å²) in [7, 11) is 0. The summed E-state index contributed by atoms with van der Waals surface area (Å²) < 4.78 is 0. The van der Waals surface area contributed by atoms with Crippen molar-refractivity contribution in [2.75, 3.05) is 5.32 Å². The minimum Gasteiger partial charge on any atom is -0.308 e. The highest BCUT2D eigenvalue weighted by Crippen LogP contribution is 2.25. The zero-order valence-electron chi connectivity index (χ0n) is 9.19. The van der Waals surface area contributed by atoms with E-state index < -0.39 is 0 Å².